The van der Waals surface area contributed by atoms with Crippen molar-refractivity contribution in [2.75, 3.05) is 19.8 Å². The second-order valence-corrected chi connectivity index (χ2v) is 5.07. The molecule has 20 heavy (non-hydrogen) atoms. The third-order valence-corrected chi connectivity index (χ3v) is 3.52. The summed E-state index contributed by atoms with van der Waals surface area (Å²) in [7, 11) is 0. The Labute approximate surface area is 114 Å². The Morgan fingerprint density at radius 3 is 2.55 bits per heavy atom. The number of rotatable bonds is 2. The van der Waals surface area contributed by atoms with Crippen LogP contribution in [0.2, 0.25) is 0 Å². The van der Waals surface area contributed by atoms with Crippen molar-refractivity contribution < 1.29 is 18.4 Å². The van der Waals surface area contributed by atoms with Gasteiger partial charge in [-0.05, 0) is 12.8 Å². The summed E-state index contributed by atoms with van der Waals surface area (Å²) < 4.78 is 26.3. The SMILES string of the molecule is O=C(c1ncc(F)cc1F)N1CCN(C(=O)C2CC2)C1. The Morgan fingerprint density at radius 2 is 1.90 bits per heavy atom. The molecule has 3 rings (SSSR count). The first-order valence-corrected chi connectivity index (χ1v) is 6.45. The molecule has 1 aliphatic carbocycles. The molecule has 1 saturated heterocycles. The van der Waals surface area contributed by atoms with Gasteiger partial charge in [-0.15, -0.1) is 0 Å². The molecule has 0 radical (unpaired) electrons. The molecule has 2 amide bonds. The van der Waals surface area contributed by atoms with E-state index in [1.807, 2.05) is 0 Å². The molecule has 1 aliphatic heterocycles. The van der Waals surface area contributed by atoms with Gasteiger partial charge in [0.2, 0.25) is 5.91 Å². The van der Waals surface area contributed by atoms with Crippen LogP contribution < -0.4 is 0 Å². The molecule has 0 bridgehead atoms. The largest absolute Gasteiger partial charge is 0.323 e. The maximum Gasteiger partial charge on any atom is 0.276 e. The van der Waals surface area contributed by atoms with Crippen LogP contribution in [0.1, 0.15) is 23.3 Å². The molecule has 0 spiro atoms. The van der Waals surface area contributed by atoms with Gasteiger partial charge in [0.25, 0.3) is 5.91 Å². The number of hydrogen-bond donors (Lipinski definition) is 0. The number of aromatic nitrogens is 1. The quantitative estimate of drug-likeness (QED) is 0.813. The highest BCUT2D eigenvalue weighted by Gasteiger charge is 2.37. The average molecular weight is 281 g/mol. The lowest BCUT2D eigenvalue weighted by Crippen LogP contribution is -2.35. The van der Waals surface area contributed by atoms with Crippen molar-refractivity contribution in [2.45, 2.75) is 12.8 Å². The van der Waals surface area contributed by atoms with Crippen LogP contribution >= 0.6 is 0 Å². The van der Waals surface area contributed by atoms with Crippen molar-refractivity contribution in [3.63, 3.8) is 0 Å². The third-order valence-electron chi connectivity index (χ3n) is 3.52. The summed E-state index contributed by atoms with van der Waals surface area (Å²) >= 11 is 0. The first-order chi connectivity index (χ1) is 9.56. The second-order valence-electron chi connectivity index (χ2n) is 5.07. The molecule has 1 aromatic heterocycles. The Hall–Kier alpha value is -2.05. The van der Waals surface area contributed by atoms with Gasteiger partial charge in [-0.3, -0.25) is 9.59 Å². The maximum absolute atomic E-state index is 13.5. The van der Waals surface area contributed by atoms with Crippen LogP contribution in [-0.2, 0) is 4.79 Å². The van der Waals surface area contributed by atoms with E-state index in [4.69, 9.17) is 0 Å². The van der Waals surface area contributed by atoms with E-state index < -0.39 is 23.2 Å². The Balaban J connectivity index is 1.70. The van der Waals surface area contributed by atoms with Crippen molar-refractivity contribution in [1.82, 2.24) is 14.8 Å². The molecule has 5 nitrogen and oxygen atoms in total. The predicted molar refractivity (Wildman–Crippen MR) is 64.5 cm³/mol. The number of carbonyl (C=O) groups excluding carboxylic acids is 2. The van der Waals surface area contributed by atoms with Crippen LogP contribution in [0.3, 0.4) is 0 Å². The fraction of sp³-hybridized carbons (Fsp3) is 0.462. The van der Waals surface area contributed by atoms with Gasteiger partial charge in [0.15, 0.2) is 11.5 Å². The number of nitrogens with zero attached hydrogens (tertiary/aromatic N) is 3. The molecule has 106 valence electrons. The fourth-order valence-electron chi connectivity index (χ4n) is 2.24. The van der Waals surface area contributed by atoms with Crippen LogP contribution in [0.5, 0.6) is 0 Å². The van der Waals surface area contributed by atoms with Gasteiger partial charge >= 0.3 is 0 Å². The molecule has 0 atom stereocenters. The fourth-order valence-corrected chi connectivity index (χ4v) is 2.24. The molecular formula is C13H13F2N3O2. The summed E-state index contributed by atoms with van der Waals surface area (Å²) in [4.78, 5) is 30.4. The number of carbonyl (C=O) groups is 2. The van der Waals surface area contributed by atoms with E-state index in [2.05, 4.69) is 4.98 Å². The van der Waals surface area contributed by atoms with Crippen LogP contribution in [-0.4, -0.2) is 46.4 Å². The smallest absolute Gasteiger partial charge is 0.276 e. The lowest BCUT2D eigenvalue weighted by molar-refractivity contribution is -0.131. The van der Waals surface area contributed by atoms with Crippen LogP contribution in [0, 0.1) is 17.6 Å². The molecule has 2 aliphatic rings. The van der Waals surface area contributed by atoms with E-state index in [1.165, 1.54) is 4.90 Å². The molecule has 0 N–H and O–H groups in total. The Kier molecular flexibility index (Phi) is 3.11. The van der Waals surface area contributed by atoms with E-state index in [9.17, 15) is 18.4 Å². The number of amides is 2. The summed E-state index contributed by atoms with van der Waals surface area (Å²) in [6, 6.07) is 0.628. The van der Waals surface area contributed by atoms with E-state index in [0.29, 0.717) is 19.2 Å². The van der Waals surface area contributed by atoms with Crippen molar-refractivity contribution in [2.24, 2.45) is 5.92 Å². The van der Waals surface area contributed by atoms with Gasteiger partial charge in [-0.2, -0.15) is 0 Å². The van der Waals surface area contributed by atoms with Crippen LogP contribution in [0.25, 0.3) is 0 Å². The van der Waals surface area contributed by atoms with Gasteiger partial charge in [0, 0.05) is 25.1 Å². The number of halogens is 2. The lowest BCUT2D eigenvalue weighted by Gasteiger charge is -2.18. The highest BCUT2D eigenvalue weighted by atomic mass is 19.1. The van der Waals surface area contributed by atoms with Crippen molar-refractivity contribution >= 4 is 11.8 Å². The lowest BCUT2D eigenvalue weighted by atomic mass is 10.3. The molecule has 2 fully saturated rings. The normalized spacial score (nSPS) is 18.5. The zero-order valence-corrected chi connectivity index (χ0v) is 10.7. The average Bonchev–Trinajstić information content (AvgIpc) is 3.14. The highest BCUT2D eigenvalue weighted by Crippen LogP contribution is 2.31. The van der Waals surface area contributed by atoms with Crippen LogP contribution in [0.15, 0.2) is 12.3 Å². The summed E-state index contributed by atoms with van der Waals surface area (Å²) in [6.45, 7) is 0.937. The zero-order valence-electron chi connectivity index (χ0n) is 10.7. The molecule has 0 unspecified atom stereocenters. The molecular weight excluding hydrogens is 268 g/mol. The van der Waals surface area contributed by atoms with E-state index in [1.54, 1.807) is 4.90 Å². The standard InChI is InChI=1S/C13H13F2N3O2/c14-9-5-10(15)11(16-6-9)13(20)18-4-3-17(7-18)12(19)8-1-2-8/h5-6,8H,1-4,7H2. The van der Waals surface area contributed by atoms with E-state index >= 15 is 0 Å². The molecule has 7 heteroatoms. The van der Waals surface area contributed by atoms with Gasteiger partial charge < -0.3 is 9.80 Å². The predicted octanol–water partition coefficient (Wildman–Crippen LogP) is 1.01. The topological polar surface area (TPSA) is 53.5 Å². The second kappa shape index (κ2) is 4.81. The summed E-state index contributed by atoms with van der Waals surface area (Å²) in [6.07, 6.45) is 2.61. The minimum Gasteiger partial charge on any atom is -0.323 e. The van der Waals surface area contributed by atoms with E-state index in [-0.39, 0.29) is 18.5 Å². The Morgan fingerprint density at radius 1 is 1.20 bits per heavy atom. The molecule has 2 heterocycles. The monoisotopic (exact) mass is 281 g/mol. The molecule has 1 saturated carbocycles. The Bertz CT molecular complexity index is 575. The third kappa shape index (κ3) is 2.35. The molecule has 0 aromatic carbocycles. The number of pyridine rings is 1. The summed E-state index contributed by atoms with van der Waals surface area (Å²) in [5, 5.41) is 0. The maximum atomic E-state index is 13.5. The summed E-state index contributed by atoms with van der Waals surface area (Å²) in [5.74, 6) is -2.29. The highest BCUT2D eigenvalue weighted by molar-refractivity contribution is 5.93. The first-order valence-electron chi connectivity index (χ1n) is 6.45. The summed E-state index contributed by atoms with van der Waals surface area (Å²) in [5.41, 5.74) is -0.410. The van der Waals surface area contributed by atoms with Gasteiger partial charge in [-0.1, -0.05) is 0 Å². The number of hydrogen-bond acceptors (Lipinski definition) is 3. The van der Waals surface area contributed by atoms with E-state index in [0.717, 1.165) is 19.0 Å². The van der Waals surface area contributed by atoms with Gasteiger partial charge in [0.05, 0.1) is 12.9 Å². The van der Waals surface area contributed by atoms with Gasteiger partial charge in [0.1, 0.15) is 5.82 Å². The molecule has 1 aromatic rings. The van der Waals surface area contributed by atoms with Crippen molar-refractivity contribution in [1.29, 1.82) is 0 Å². The van der Waals surface area contributed by atoms with Crippen molar-refractivity contribution in [3.8, 4) is 0 Å². The minimum atomic E-state index is -0.984. The van der Waals surface area contributed by atoms with Crippen LogP contribution in [0.4, 0.5) is 8.78 Å². The zero-order chi connectivity index (χ0) is 14.3. The minimum absolute atomic E-state index is 0.0489. The first kappa shape index (κ1) is 13.0. The van der Waals surface area contributed by atoms with Gasteiger partial charge in [-0.25, -0.2) is 13.8 Å². The van der Waals surface area contributed by atoms with Crippen molar-refractivity contribution in [3.05, 3.63) is 29.6 Å².